The number of fused-ring (bicyclic) bond motifs is 1. The van der Waals surface area contributed by atoms with E-state index in [0.717, 1.165) is 5.56 Å². The third kappa shape index (κ3) is 5.43. The number of anilines is 1. The van der Waals surface area contributed by atoms with Crippen molar-refractivity contribution < 1.29 is 19.3 Å². The summed E-state index contributed by atoms with van der Waals surface area (Å²) in [5.74, 6) is -0.696. The Balaban J connectivity index is 1.35. The van der Waals surface area contributed by atoms with Gasteiger partial charge in [-0.3, -0.25) is 29.4 Å². The zero-order chi connectivity index (χ0) is 24.8. The molecule has 0 atom stereocenters. The summed E-state index contributed by atoms with van der Waals surface area (Å²) < 4.78 is 0. The maximum atomic E-state index is 13.1. The van der Waals surface area contributed by atoms with E-state index < -0.39 is 4.92 Å². The van der Waals surface area contributed by atoms with E-state index in [0.29, 0.717) is 49.2 Å². The number of unbranched alkanes of at least 4 members (excludes halogenated alkanes) is 2. The van der Waals surface area contributed by atoms with Crippen molar-refractivity contribution in [2.75, 3.05) is 11.4 Å². The molecule has 0 radical (unpaired) electrons. The van der Waals surface area contributed by atoms with Gasteiger partial charge >= 0.3 is 0 Å². The van der Waals surface area contributed by atoms with Crippen molar-refractivity contribution in [2.24, 2.45) is 0 Å². The summed E-state index contributed by atoms with van der Waals surface area (Å²) in [6.45, 7) is 0.606. The molecule has 0 N–H and O–H groups in total. The van der Waals surface area contributed by atoms with E-state index in [4.69, 9.17) is 0 Å². The predicted octanol–water partition coefficient (Wildman–Crippen LogP) is 4.98. The Morgan fingerprint density at radius 1 is 0.829 bits per heavy atom. The highest BCUT2D eigenvalue weighted by Crippen LogP contribution is 2.25. The second kappa shape index (κ2) is 10.7. The highest BCUT2D eigenvalue weighted by atomic mass is 16.6. The molecule has 35 heavy (non-hydrogen) atoms. The summed E-state index contributed by atoms with van der Waals surface area (Å²) in [7, 11) is 0. The number of non-ortho nitro benzene ring substituents is 1. The molecule has 0 aromatic heterocycles. The zero-order valence-corrected chi connectivity index (χ0v) is 19.1. The third-order valence-corrected chi connectivity index (χ3v) is 5.99. The van der Waals surface area contributed by atoms with Gasteiger partial charge in [-0.15, -0.1) is 0 Å². The van der Waals surface area contributed by atoms with E-state index in [1.807, 2.05) is 30.3 Å². The average molecular weight is 472 g/mol. The Morgan fingerprint density at radius 2 is 1.49 bits per heavy atom. The van der Waals surface area contributed by atoms with E-state index in [1.165, 1.54) is 17.0 Å². The minimum absolute atomic E-state index is 0.0747. The lowest BCUT2D eigenvalue weighted by molar-refractivity contribution is -0.384. The van der Waals surface area contributed by atoms with Crippen molar-refractivity contribution in [3.63, 3.8) is 0 Å². The van der Waals surface area contributed by atoms with Crippen molar-refractivity contribution in [3.8, 4) is 0 Å². The first-order valence-corrected chi connectivity index (χ1v) is 11.5. The van der Waals surface area contributed by atoms with Crippen LogP contribution in [0.1, 0.15) is 52.0 Å². The summed E-state index contributed by atoms with van der Waals surface area (Å²) in [6.07, 6.45) is 2.07. The van der Waals surface area contributed by atoms with Gasteiger partial charge in [-0.2, -0.15) is 0 Å². The van der Waals surface area contributed by atoms with Crippen LogP contribution in [-0.4, -0.2) is 34.1 Å². The maximum Gasteiger partial charge on any atom is 0.271 e. The predicted molar refractivity (Wildman–Crippen MR) is 131 cm³/mol. The molecule has 0 unspecified atom stereocenters. The van der Waals surface area contributed by atoms with Gasteiger partial charge in [0.25, 0.3) is 17.5 Å². The number of carbonyl (C=O) groups is 3. The average Bonchev–Trinajstić information content (AvgIpc) is 3.12. The number of nitro groups is 1. The van der Waals surface area contributed by atoms with Crippen LogP contribution in [-0.2, 0) is 11.3 Å². The standard InChI is InChI=1S/C27H25N3O5/c31-25(16-5-2-8-17-28-26(32)23-14-6-7-15-24(23)27(28)33)29(19-20-10-3-1-4-11-20)21-12-9-13-22(18-21)30(34)35/h1,3-4,6-7,9-15,18H,2,5,8,16-17,19H2. The van der Waals surface area contributed by atoms with Crippen molar-refractivity contribution in [2.45, 2.75) is 32.2 Å². The van der Waals surface area contributed by atoms with Crippen LogP contribution in [0.4, 0.5) is 11.4 Å². The smallest absolute Gasteiger partial charge is 0.271 e. The topological polar surface area (TPSA) is 101 Å². The van der Waals surface area contributed by atoms with E-state index in [-0.39, 0.29) is 29.8 Å². The Kier molecular flexibility index (Phi) is 7.30. The lowest BCUT2D eigenvalue weighted by atomic mass is 10.1. The Bertz CT molecular complexity index is 1220. The van der Waals surface area contributed by atoms with Crippen LogP contribution in [0.15, 0.2) is 78.9 Å². The van der Waals surface area contributed by atoms with Crippen LogP contribution in [0.2, 0.25) is 0 Å². The molecule has 8 nitrogen and oxygen atoms in total. The summed E-state index contributed by atoms with van der Waals surface area (Å²) in [5.41, 5.74) is 2.17. The summed E-state index contributed by atoms with van der Waals surface area (Å²) in [4.78, 5) is 51.7. The van der Waals surface area contributed by atoms with E-state index in [9.17, 15) is 24.5 Å². The molecule has 0 bridgehead atoms. The van der Waals surface area contributed by atoms with Crippen molar-refractivity contribution in [1.82, 2.24) is 4.90 Å². The first-order chi connectivity index (χ1) is 17.0. The Labute approximate surface area is 202 Å². The molecule has 3 aromatic rings. The second-order valence-corrected chi connectivity index (χ2v) is 8.36. The number of nitro benzene ring substituents is 1. The second-order valence-electron chi connectivity index (χ2n) is 8.36. The third-order valence-electron chi connectivity index (χ3n) is 5.99. The molecular formula is C27H25N3O5. The van der Waals surface area contributed by atoms with Crippen molar-refractivity contribution in [1.29, 1.82) is 0 Å². The maximum absolute atomic E-state index is 13.1. The van der Waals surface area contributed by atoms with Gasteiger partial charge in [0.05, 0.1) is 28.3 Å². The highest BCUT2D eigenvalue weighted by Gasteiger charge is 2.34. The number of hydrogen-bond donors (Lipinski definition) is 0. The van der Waals surface area contributed by atoms with E-state index >= 15 is 0 Å². The first-order valence-electron chi connectivity index (χ1n) is 11.5. The van der Waals surface area contributed by atoms with Crippen molar-refractivity contribution >= 4 is 29.1 Å². The quantitative estimate of drug-likeness (QED) is 0.180. The molecule has 1 heterocycles. The Hall–Kier alpha value is -4.33. The summed E-state index contributed by atoms with van der Waals surface area (Å²) in [6, 6.07) is 22.3. The van der Waals surface area contributed by atoms with Gasteiger partial charge in [-0.25, -0.2) is 0 Å². The number of nitrogens with zero attached hydrogens (tertiary/aromatic N) is 3. The normalized spacial score (nSPS) is 12.5. The van der Waals surface area contributed by atoms with Crippen LogP contribution in [0, 0.1) is 10.1 Å². The molecule has 3 amide bonds. The number of carbonyl (C=O) groups excluding carboxylic acids is 3. The monoisotopic (exact) mass is 471 g/mol. The van der Waals surface area contributed by atoms with Gasteiger partial charge < -0.3 is 4.90 Å². The van der Waals surface area contributed by atoms with Crippen LogP contribution >= 0.6 is 0 Å². The molecule has 0 aliphatic carbocycles. The molecule has 0 saturated carbocycles. The van der Waals surface area contributed by atoms with Gasteiger partial charge in [-0.05, 0) is 36.6 Å². The number of imide groups is 1. The number of benzene rings is 3. The van der Waals surface area contributed by atoms with Gasteiger partial charge in [0.15, 0.2) is 0 Å². The highest BCUT2D eigenvalue weighted by molar-refractivity contribution is 6.21. The molecule has 0 saturated heterocycles. The zero-order valence-electron chi connectivity index (χ0n) is 19.1. The van der Waals surface area contributed by atoms with Crippen molar-refractivity contribution in [3.05, 3.63) is 106 Å². The van der Waals surface area contributed by atoms with Crippen LogP contribution < -0.4 is 4.90 Å². The Morgan fingerprint density at radius 3 is 2.14 bits per heavy atom. The largest absolute Gasteiger partial charge is 0.308 e. The molecule has 8 heteroatoms. The summed E-state index contributed by atoms with van der Waals surface area (Å²) >= 11 is 0. The number of hydrogen-bond acceptors (Lipinski definition) is 5. The fourth-order valence-corrected chi connectivity index (χ4v) is 4.16. The lowest BCUT2D eigenvalue weighted by Gasteiger charge is -2.23. The minimum Gasteiger partial charge on any atom is -0.308 e. The van der Waals surface area contributed by atoms with E-state index in [2.05, 4.69) is 0 Å². The molecule has 0 fully saturated rings. The molecule has 3 aromatic carbocycles. The molecule has 1 aliphatic rings. The van der Waals surface area contributed by atoms with Gasteiger partial charge in [0.1, 0.15) is 0 Å². The van der Waals surface area contributed by atoms with Gasteiger partial charge in [0, 0.05) is 25.1 Å². The SMILES string of the molecule is O=C1c2ccccc2C(=O)N1CCCCCC(=O)N(Cc1ccccc1)c1cccc([N+](=O)[O-])c1. The first kappa shape index (κ1) is 23.8. The molecule has 178 valence electrons. The fourth-order valence-electron chi connectivity index (χ4n) is 4.16. The van der Waals surface area contributed by atoms with Crippen LogP contribution in [0.3, 0.4) is 0 Å². The lowest BCUT2D eigenvalue weighted by Crippen LogP contribution is -2.31. The van der Waals surface area contributed by atoms with E-state index in [1.54, 1.807) is 41.3 Å². The summed E-state index contributed by atoms with van der Waals surface area (Å²) in [5, 5.41) is 11.2. The molecule has 0 spiro atoms. The minimum atomic E-state index is -0.478. The fraction of sp³-hybridized carbons (Fsp3) is 0.222. The van der Waals surface area contributed by atoms with Crippen LogP contribution in [0.25, 0.3) is 0 Å². The van der Waals surface area contributed by atoms with Gasteiger partial charge in [-0.1, -0.05) is 55.0 Å². The number of rotatable bonds is 10. The molecular weight excluding hydrogens is 446 g/mol. The molecule has 1 aliphatic heterocycles. The van der Waals surface area contributed by atoms with Crippen LogP contribution in [0.5, 0.6) is 0 Å². The molecule has 4 rings (SSSR count). The number of amides is 3. The van der Waals surface area contributed by atoms with Gasteiger partial charge in [0.2, 0.25) is 5.91 Å².